The monoisotopic (exact) mass is 460 g/mol. The molecule has 0 atom stereocenters. The summed E-state index contributed by atoms with van der Waals surface area (Å²) in [7, 11) is -3.77. The number of nitrogens with two attached hydrogens (primary N) is 1. The number of carbonyl (C=O) groups excluding carboxylic acids is 1. The van der Waals surface area contributed by atoms with Gasteiger partial charge in [0.15, 0.2) is 0 Å². The summed E-state index contributed by atoms with van der Waals surface area (Å²) in [5.41, 5.74) is 1.74. The first kappa shape index (κ1) is 21.2. The van der Waals surface area contributed by atoms with E-state index in [9.17, 15) is 13.2 Å². The molecule has 2 aromatic carbocycles. The van der Waals surface area contributed by atoms with Crippen LogP contribution in [-0.2, 0) is 20.2 Å². The number of carbonyl (C=O) groups is 1. The van der Waals surface area contributed by atoms with E-state index in [2.05, 4.69) is 0 Å². The predicted molar refractivity (Wildman–Crippen MR) is 120 cm³/mol. The quantitative estimate of drug-likeness (QED) is 0.558. The third kappa shape index (κ3) is 4.07. The normalized spacial score (nSPS) is 14.7. The smallest absolute Gasteiger partial charge is 0.238 e. The van der Waals surface area contributed by atoms with E-state index >= 15 is 0 Å². The number of benzene rings is 2. The summed E-state index contributed by atoms with van der Waals surface area (Å²) in [6.45, 7) is 3.85. The zero-order chi connectivity index (χ0) is 21.7. The topological polar surface area (TPSA) is 90.1 Å². The van der Waals surface area contributed by atoms with E-state index in [1.165, 1.54) is 23.5 Å². The molecular weight excluding hydrogens is 440 g/mol. The predicted octanol–water partition coefficient (Wildman–Crippen LogP) is 5.03. The van der Waals surface area contributed by atoms with E-state index in [0.717, 1.165) is 39.5 Å². The Bertz CT molecular complexity index is 1210. The lowest BCUT2D eigenvalue weighted by Crippen LogP contribution is -2.30. The zero-order valence-corrected chi connectivity index (χ0v) is 18.9. The molecule has 30 heavy (non-hydrogen) atoms. The van der Waals surface area contributed by atoms with Gasteiger partial charge in [0.05, 0.1) is 20.9 Å². The van der Waals surface area contributed by atoms with Crippen molar-refractivity contribution in [2.45, 2.75) is 37.0 Å². The van der Waals surface area contributed by atoms with Gasteiger partial charge in [-0.25, -0.2) is 18.5 Å². The van der Waals surface area contributed by atoms with Crippen LogP contribution in [-0.4, -0.2) is 19.2 Å². The molecule has 0 spiro atoms. The van der Waals surface area contributed by atoms with Crippen molar-refractivity contribution in [1.82, 2.24) is 4.98 Å². The maximum atomic E-state index is 12.9. The third-order valence-corrected chi connectivity index (χ3v) is 7.90. The number of ketones is 1. The van der Waals surface area contributed by atoms with E-state index in [-0.39, 0.29) is 16.6 Å². The van der Waals surface area contributed by atoms with Crippen LogP contribution in [0, 0.1) is 5.92 Å². The maximum absolute atomic E-state index is 12.9. The molecule has 0 amide bonds. The van der Waals surface area contributed by atoms with Gasteiger partial charge in [-0.3, -0.25) is 4.79 Å². The lowest BCUT2D eigenvalue weighted by molar-refractivity contribution is -0.124. The van der Waals surface area contributed by atoms with Crippen LogP contribution in [0.15, 0.2) is 53.4 Å². The van der Waals surface area contributed by atoms with Crippen molar-refractivity contribution in [3.05, 3.63) is 58.6 Å². The highest BCUT2D eigenvalue weighted by atomic mass is 35.5. The molecule has 1 aliphatic rings. The highest BCUT2D eigenvalue weighted by molar-refractivity contribution is 7.89. The van der Waals surface area contributed by atoms with Crippen LogP contribution in [0.25, 0.3) is 21.7 Å². The Balaban J connectivity index is 1.84. The second-order valence-electron chi connectivity index (χ2n) is 8.04. The molecule has 0 saturated heterocycles. The molecular formula is C22H21ClN2O3S2. The van der Waals surface area contributed by atoms with Gasteiger partial charge in [0.25, 0.3) is 0 Å². The van der Waals surface area contributed by atoms with Crippen molar-refractivity contribution >= 4 is 38.7 Å². The fraction of sp³-hybridized carbons (Fsp3) is 0.273. The molecule has 2 N–H and O–H groups in total. The minimum absolute atomic E-state index is 0.0493. The van der Waals surface area contributed by atoms with Crippen molar-refractivity contribution < 1.29 is 13.2 Å². The van der Waals surface area contributed by atoms with Gasteiger partial charge in [0, 0.05) is 16.5 Å². The number of halogens is 1. The fourth-order valence-corrected chi connectivity index (χ4v) is 5.19. The van der Waals surface area contributed by atoms with Crippen molar-refractivity contribution in [1.29, 1.82) is 0 Å². The Morgan fingerprint density at radius 2 is 1.63 bits per heavy atom. The van der Waals surface area contributed by atoms with E-state index in [1.54, 1.807) is 24.3 Å². The number of hydrogen-bond donors (Lipinski definition) is 1. The molecule has 3 aromatic rings. The largest absolute Gasteiger partial charge is 0.298 e. The number of Topliss-reactive ketones (excluding diaryl/α,β-unsaturated/α-hetero) is 1. The van der Waals surface area contributed by atoms with Crippen LogP contribution in [0.3, 0.4) is 0 Å². The van der Waals surface area contributed by atoms with Gasteiger partial charge in [-0.1, -0.05) is 35.9 Å². The average Bonchev–Trinajstić information content (AvgIpc) is 3.45. The van der Waals surface area contributed by atoms with Crippen LogP contribution < -0.4 is 5.14 Å². The summed E-state index contributed by atoms with van der Waals surface area (Å²) < 4.78 is 23.2. The number of rotatable bonds is 6. The summed E-state index contributed by atoms with van der Waals surface area (Å²) >= 11 is 7.51. The first-order chi connectivity index (χ1) is 14.1. The van der Waals surface area contributed by atoms with Crippen LogP contribution in [0.4, 0.5) is 0 Å². The summed E-state index contributed by atoms with van der Waals surface area (Å²) in [5, 5.41) is 6.59. The van der Waals surface area contributed by atoms with Crippen molar-refractivity contribution in [3.63, 3.8) is 0 Å². The van der Waals surface area contributed by atoms with E-state index in [4.69, 9.17) is 21.7 Å². The highest BCUT2D eigenvalue weighted by Crippen LogP contribution is 2.44. The first-order valence-electron chi connectivity index (χ1n) is 9.52. The molecule has 8 heteroatoms. The van der Waals surface area contributed by atoms with Crippen LogP contribution >= 0.6 is 22.9 Å². The van der Waals surface area contributed by atoms with Crippen molar-refractivity contribution in [2.24, 2.45) is 11.1 Å². The Morgan fingerprint density at radius 1 is 1.07 bits per heavy atom. The highest BCUT2D eigenvalue weighted by Gasteiger charge is 2.42. The SMILES string of the molecule is CC(C)(C(=O)C1CC1)c1nc(-c2ccc(Cl)cc2)c(-c2ccc(S(N)(=O)=O)cc2)s1. The summed E-state index contributed by atoms with van der Waals surface area (Å²) in [6.07, 6.45) is 1.89. The Labute approximate surface area is 185 Å². The lowest BCUT2D eigenvalue weighted by Gasteiger charge is -2.20. The Kier molecular flexibility index (Phi) is 5.34. The molecule has 4 rings (SSSR count). The Hall–Kier alpha value is -2.06. The summed E-state index contributed by atoms with van der Waals surface area (Å²) in [5.74, 6) is 0.343. The molecule has 0 unspecified atom stereocenters. The molecule has 0 radical (unpaired) electrons. The number of thiazole rings is 1. The summed E-state index contributed by atoms with van der Waals surface area (Å²) in [6, 6.07) is 13.8. The van der Waals surface area contributed by atoms with Crippen molar-refractivity contribution in [3.8, 4) is 21.7 Å². The van der Waals surface area contributed by atoms with Gasteiger partial charge in [-0.15, -0.1) is 11.3 Å². The molecule has 1 fully saturated rings. The number of nitrogens with zero attached hydrogens (tertiary/aromatic N) is 1. The molecule has 156 valence electrons. The van der Waals surface area contributed by atoms with Crippen molar-refractivity contribution in [2.75, 3.05) is 0 Å². The lowest BCUT2D eigenvalue weighted by atomic mass is 9.86. The molecule has 0 bridgehead atoms. The van der Waals surface area contributed by atoms with Gasteiger partial charge < -0.3 is 0 Å². The molecule has 1 saturated carbocycles. The van der Waals surface area contributed by atoms with Crippen LogP contribution in [0.5, 0.6) is 0 Å². The fourth-order valence-electron chi connectivity index (χ4n) is 3.34. The molecule has 1 aromatic heterocycles. The third-order valence-electron chi connectivity index (χ3n) is 5.29. The number of hydrogen-bond acceptors (Lipinski definition) is 5. The molecule has 0 aliphatic heterocycles. The Morgan fingerprint density at radius 3 is 2.17 bits per heavy atom. The van der Waals surface area contributed by atoms with Gasteiger partial charge in [-0.05, 0) is 56.5 Å². The zero-order valence-electron chi connectivity index (χ0n) is 16.6. The van der Waals surface area contributed by atoms with Crippen LogP contribution in [0.1, 0.15) is 31.7 Å². The van der Waals surface area contributed by atoms with E-state index in [1.807, 2.05) is 26.0 Å². The van der Waals surface area contributed by atoms with Gasteiger partial charge in [-0.2, -0.15) is 0 Å². The number of aromatic nitrogens is 1. The van der Waals surface area contributed by atoms with Crippen LogP contribution in [0.2, 0.25) is 5.02 Å². The second kappa shape index (κ2) is 7.57. The minimum atomic E-state index is -3.77. The van der Waals surface area contributed by atoms with E-state index < -0.39 is 15.4 Å². The molecule has 1 heterocycles. The second-order valence-corrected chi connectivity index (χ2v) is 11.0. The molecule has 1 aliphatic carbocycles. The number of primary sulfonamides is 1. The van der Waals surface area contributed by atoms with Gasteiger partial charge in [0.1, 0.15) is 10.8 Å². The maximum Gasteiger partial charge on any atom is 0.238 e. The summed E-state index contributed by atoms with van der Waals surface area (Å²) in [4.78, 5) is 18.7. The van der Waals surface area contributed by atoms with Gasteiger partial charge >= 0.3 is 0 Å². The first-order valence-corrected chi connectivity index (χ1v) is 12.3. The number of sulfonamides is 1. The standard InChI is InChI=1S/C22H21ClN2O3S2/c1-22(2,20(26)15-3-4-15)21-25-18(13-5-9-16(23)10-6-13)19(29-21)14-7-11-17(12-8-14)30(24,27)28/h5-12,15H,3-4H2,1-2H3,(H2,24,27,28). The average molecular weight is 461 g/mol. The minimum Gasteiger partial charge on any atom is -0.298 e. The van der Waals surface area contributed by atoms with E-state index in [0.29, 0.717) is 5.02 Å². The van der Waals surface area contributed by atoms with Gasteiger partial charge in [0.2, 0.25) is 10.0 Å². The molecule has 5 nitrogen and oxygen atoms in total.